The second kappa shape index (κ2) is 18.1. The van der Waals surface area contributed by atoms with E-state index in [0.29, 0.717) is 0 Å². The van der Waals surface area contributed by atoms with E-state index in [0.717, 1.165) is 18.1 Å². The van der Waals surface area contributed by atoms with Gasteiger partial charge < -0.3 is 56.1 Å². The van der Waals surface area contributed by atoms with E-state index in [1.165, 1.54) is 96.3 Å². The van der Waals surface area contributed by atoms with Crippen LogP contribution in [0.2, 0.25) is 0 Å². The van der Waals surface area contributed by atoms with E-state index in [4.69, 9.17) is 10.2 Å². The highest BCUT2D eigenvalue weighted by Gasteiger charge is 2.35. The molecule has 4 aliphatic rings. The number of ether oxygens (including phenoxy) is 1. The number of hydrogen-bond donors (Lipinski definition) is 5. The standard InChI is InChI=1S/3C6H13N.C6H9O9P/c3*7-6-4-2-1-3-5-6;7-1-2(8)4-3(9)5(6(10)14-4)15-16(11,12)13/h3*6H,1-5,7H2;2,4,7-9H,1H2,(H2,11,12,13)/t;;;2-,4+/m...0/s1. The number of carbonyl (C=O) groups is 1. The van der Waals surface area contributed by atoms with Crippen LogP contribution in [0.3, 0.4) is 0 Å². The Morgan fingerprint density at radius 1 is 0.838 bits per heavy atom. The number of phosphoric ester groups is 1. The number of hydrogen-bond acceptors (Lipinski definition) is 9. The number of aliphatic hydroxyl groups excluding tert-OH is 2. The van der Waals surface area contributed by atoms with Crippen molar-refractivity contribution >= 4 is 13.8 Å². The first-order valence-electron chi connectivity index (χ1n) is 13.6. The normalized spacial score (nSPS) is 24.4. The number of cyclic esters (lactones) is 1. The fraction of sp³-hybridized carbons (Fsp3) is 0.875. The molecule has 218 valence electrons. The summed E-state index contributed by atoms with van der Waals surface area (Å²) in [5, 5.41) is 28.7. The molecule has 2 atom stereocenters. The molecule has 3 aliphatic carbocycles. The van der Waals surface area contributed by atoms with Crippen LogP contribution in [0.5, 0.6) is 0 Å². The van der Waals surface area contributed by atoms with Gasteiger partial charge in [-0.25, -0.2) is 4.79 Å². The lowest BCUT2D eigenvalue weighted by atomic mass is 9.97. The molecule has 0 spiro atoms. The van der Waals surface area contributed by atoms with Crippen LogP contribution < -0.4 is 32.1 Å². The van der Waals surface area contributed by atoms with Crippen molar-refractivity contribution < 1.29 is 60.9 Å². The quantitative estimate of drug-likeness (QED) is 0.180. The maximum atomic E-state index is 11.2. The number of quaternary nitrogens is 3. The summed E-state index contributed by atoms with van der Waals surface area (Å²) in [6.07, 6.45) is 17.7. The van der Waals surface area contributed by atoms with Crippen LogP contribution in [0, 0.1) is 0 Å². The Bertz CT molecular complexity index is 678. The first-order chi connectivity index (χ1) is 17.4. The van der Waals surface area contributed by atoms with Crippen molar-refractivity contribution in [3.05, 3.63) is 11.5 Å². The topological polar surface area (TPSA) is 245 Å². The Hall–Kier alpha value is -1.24. The van der Waals surface area contributed by atoms with E-state index in [9.17, 15) is 24.3 Å². The molecule has 1 aliphatic heterocycles. The SMILES string of the molecule is O=C1O[C@H]([C@@H](O)CO)C([O-])=C1OP(=O)([O-])[O-].[NH3+]C1CCCCC1.[NH3+]C1CCCCC1.[NH3+]C1CCCCC1. The summed E-state index contributed by atoms with van der Waals surface area (Å²) >= 11 is 0. The highest BCUT2D eigenvalue weighted by atomic mass is 31.2. The Morgan fingerprint density at radius 3 is 1.43 bits per heavy atom. The lowest BCUT2D eigenvalue weighted by Crippen LogP contribution is -2.61. The predicted octanol–water partition coefficient (Wildman–Crippen LogP) is -2.63. The lowest BCUT2D eigenvalue weighted by molar-refractivity contribution is -0.425. The van der Waals surface area contributed by atoms with Gasteiger partial charge in [0.2, 0.25) is 5.76 Å². The molecule has 0 amide bonds. The molecule has 0 saturated heterocycles. The van der Waals surface area contributed by atoms with Crippen LogP contribution in [0.25, 0.3) is 0 Å². The van der Waals surface area contributed by atoms with Gasteiger partial charge in [-0.2, -0.15) is 0 Å². The molecule has 13 heteroatoms. The summed E-state index contributed by atoms with van der Waals surface area (Å²) in [4.78, 5) is 31.3. The zero-order valence-electron chi connectivity index (χ0n) is 22.0. The number of rotatable bonds is 4. The van der Waals surface area contributed by atoms with Gasteiger partial charge in [0, 0.05) is 0 Å². The van der Waals surface area contributed by atoms with Crippen molar-refractivity contribution in [2.24, 2.45) is 0 Å². The Labute approximate surface area is 219 Å². The molecule has 3 saturated carbocycles. The number of phosphoric acid groups is 1. The van der Waals surface area contributed by atoms with Gasteiger partial charge in [0.05, 0.1) is 24.7 Å². The molecule has 0 bridgehead atoms. The van der Waals surface area contributed by atoms with Gasteiger partial charge in [-0.3, -0.25) is 0 Å². The Morgan fingerprint density at radius 2 is 1.19 bits per heavy atom. The fourth-order valence-corrected chi connectivity index (χ4v) is 4.94. The molecule has 4 rings (SSSR count). The maximum absolute atomic E-state index is 11.2. The lowest BCUT2D eigenvalue weighted by Gasteiger charge is -2.29. The van der Waals surface area contributed by atoms with Crippen LogP contribution in [-0.4, -0.2) is 53.1 Å². The Balaban J connectivity index is 0.000000270. The molecule has 11 N–H and O–H groups in total. The van der Waals surface area contributed by atoms with E-state index in [1.807, 2.05) is 0 Å². The summed E-state index contributed by atoms with van der Waals surface area (Å²) in [7, 11) is -5.56. The smallest absolute Gasteiger partial charge is 0.373 e. The van der Waals surface area contributed by atoms with Crippen LogP contribution >= 0.6 is 7.82 Å². The molecular formula is C24H48N3O9P. The predicted molar refractivity (Wildman–Crippen MR) is 128 cm³/mol. The summed E-state index contributed by atoms with van der Waals surface area (Å²) < 4.78 is 18.0. The van der Waals surface area contributed by atoms with E-state index in [2.05, 4.69) is 26.5 Å². The van der Waals surface area contributed by atoms with Gasteiger partial charge in [0.15, 0.2) is 0 Å². The molecule has 12 nitrogen and oxygen atoms in total. The zero-order chi connectivity index (χ0) is 27.8. The third-order valence-corrected chi connectivity index (χ3v) is 7.22. The first kappa shape index (κ1) is 33.8. The molecule has 3 fully saturated rings. The zero-order valence-corrected chi connectivity index (χ0v) is 22.9. The molecule has 0 aromatic heterocycles. The minimum Gasteiger partial charge on any atom is -0.870 e. The van der Waals surface area contributed by atoms with E-state index < -0.39 is 44.1 Å². The number of carbonyl (C=O) groups excluding carboxylic acids is 1. The van der Waals surface area contributed by atoms with Crippen LogP contribution in [-0.2, 0) is 18.6 Å². The highest BCUT2D eigenvalue weighted by Crippen LogP contribution is 2.34. The summed E-state index contributed by atoms with van der Waals surface area (Å²) in [5.74, 6) is -4.10. The molecule has 0 aromatic carbocycles. The number of esters is 1. The molecule has 0 radical (unpaired) electrons. The highest BCUT2D eigenvalue weighted by molar-refractivity contribution is 7.43. The van der Waals surface area contributed by atoms with E-state index >= 15 is 0 Å². The van der Waals surface area contributed by atoms with Crippen molar-refractivity contribution in [3.8, 4) is 0 Å². The van der Waals surface area contributed by atoms with Gasteiger partial charge in [0.1, 0.15) is 20.0 Å². The average Bonchev–Trinajstić information content (AvgIpc) is 3.13. The molecule has 0 aromatic rings. The van der Waals surface area contributed by atoms with Gasteiger partial charge >= 0.3 is 5.97 Å². The minimum absolute atomic E-state index is 0.786. The maximum Gasteiger partial charge on any atom is 0.373 e. The summed E-state index contributed by atoms with van der Waals surface area (Å²) in [5.41, 5.74) is 12.0. The van der Waals surface area contributed by atoms with Crippen LogP contribution in [0.4, 0.5) is 0 Å². The van der Waals surface area contributed by atoms with Crippen LogP contribution in [0.15, 0.2) is 11.5 Å². The third kappa shape index (κ3) is 15.1. The van der Waals surface area contributed by atoms with Crippen LogP contribution in [0.1, 0.15) is 96.3 Å². The summed E-state index contributed by atoms with van der Waals surface area (Å²) in [6, 6.07) is 2.36. The molecular weight excluding hydrogens is 505 g/mol. The second-order valence-corrected chi connectivity index (χ2v) is 11.4. The second-order valence-electron chi connectivity index (χ2n) is 10.3. The van der Waals surface area contributed by atoms with E-state index in [-0.39, 0.29) is 0 Å². The van der Waals surface area contributed by atoms with Crippen molar-refractivity contribution in [2.45, 2.75) is 127 Å². The van der Waals surface area contributed by atoms with Crippen molar-refractivity contribution in [1.29, 1.82) is 0 Å². The van der Waals surface area contributed by atoms with Gasteiger partial charge in [-0.15, -0.1) is 0 Å². The van der Waals surface area contributed by atoms with Crippen molar-refractivity contribution in [1.82, 2.24) is 0 Å². The monoisotopic (exact) mass is 553 g/mol. The molecule has 0 unspecified atom stereocenters. The molecule has 37 heavy (non-hydrogen) atoms. The Kier molecular flexibility index (Phi) is 16.5. The van der Waals surface area contributed by atoms with Gasteiger partial charge in [-0.1, -0.05) is 19.3 Å². The van der Waals surface area contributed by atoms with Gasteiger partial charge in [-0.05, 0) is 82.8 Å². The first-order valence-corrected chi connectivity index (χ1v) is 15.0. The minimum atomic E-state index is -5.56. The molecule has 1 heterocycles. The van der Waals surface area contributed by atoms with E-state index in [1.54, 1.807) is 0 Å². The number of aliphatic hydroxyl groups is 2. The third-order valence-electron chi connectivity index (χ3n) is 6.82. The van der Waals surface area contributed by atoms with Gasteiger partial charge in [0.25, 0.3) is 0 Å². The average molecular weight is 554 g/mol. The largest absolute Gasteiger partial charge is 0.870 e. The van der Waals surface area contributed by atoms with Crippen molar-refractivity contribution in [2.75, 3.05) is 6.61 Å². The summed E-state index contributed by atoms with van der Waals surface area (Å²) in [6.45, 7) is -0.886. The van der Waals surface area contributed by atoms with Crippen molar-refractivity contribution in [3.63, 3.8) is 0 Å². The fourth-order valence-electron chi connectivity index (χ4n) is 4.56.